The van der Waals surface area contributed by atoms with E-state index in [4.69, 9.17) is 4.74 Å². The number of hydrogen-bond acceptors (Lipinski definition) is 9. The number of unbranched alkanes of at least 4 members (excludes halogenated alkanes) is 1. The average Bonchev–Trinajstić information content (AvgIpc) is 3.11. The van der Waals surface area contributed by atoms with Crippen LogP contribution in [0.1, 0.15) is 126 Å². The molecule has 11 nitrogen and oxygen atoms in total. The van der Waals surface area contributed by atoms with Crippen LogP contribution in [0.15, 0.2) is 47.6 Å². The summed E-state index contributed by atoms with van der Waals surface area (Å²) in [5.74, 6) is -7.52. The van der Waals surface area contributed by atoms with Crippen LogP contribution in [0.5, 0.6) is 0 Å². The molecule has 1 rings (SSSR count). The van der Waals surface area contributed by atoms with Crippen LogP contribution in [-0.2, 0) is 28.7 Å². The summed E-state index contributed by atoms with van der Waals surface area (Å²) in [6, 6.07) is -1.15. The molecule has 11 heteroatoms. The second kappa shape index (κ2) is 24.2. The van der Waals surface area contributed by atoms with Crippen LogP contribution in [0.3, 0.4) is 0 Å². The maximum absolute atomic E-state index is 12.8. The molecule has 0 bridgehead atoms. The summed E-state index contributed by atoms with van der Waals surface area (Å²) in [6.07, 6.45) is 16.6. The second-order valence-electron chi connectivity index (χ2n) is 15.3. The van der Waals surface area contributed by atoms with E-state index in [1.165, 1.54) is 6.92 Å². The van der Waals surface area contributed by atoms with E-state index in [2.05, 4.69) is 13.8 Å². The van der Waals surface area contributed by atoms with Gasteiger partial charge in [-0.2, -0.15) is 0 Å². The summed E-state index contributed by atoms with van der Waals surface area (Å²) < 4.78 is 5.65. The molecule has 1 heterocycles. The first-order valence-electron chi connectivity index (χ1n) is 19.3. The van der Waals surface area contributed by atoms with E-state index >= 15 is 0 Å². The van der Waals surface area contributed by atoms with Crippen molar-refractivity contribution in [3.8, 4) is 0 Å². The molecule has 53 heavy (non-hydrogen) atoms. The SMILES string of the molecule is CO[C@@H](CCCC[C@@H](C)C(O)(O)C(=O)C(=O)N1CCCC[C@H]1C(=O)O)/C(C)=C/C=C/C=C/CC[C@@H](C)C(=O)C[C@H](O)/C(C)=C/[C@@H](C)C(=O)CCC(C)C. The van der Waals surface area contributed by atoms with Crippen LogP contribution < -0.4 is 0 Å². The molecule has 0 aliphatic carbocycles. The van der Waals surface area contributed by atoms with Crippen molar-refractivity contribution >= 4 is 29.2 Å². The zero-order valence-electron chi connectivity index (χ0n) is 33.4. The summed E-state index contributed by atoms with van der Waals surface area (Å²) in [4.78, 5) is 63.1. The standard InChI is InChI=1S/C42H67NO10/c1-28(2)23-24-35(44)31(5)26-32(6)37(46)27-36(45)29(3)18-12-10-9-11-13-19-30(4)38(53-8)22-15-14-20-33(7)42(51,52)39(47)40(48)43-25-17-16-21-34(43)41(49)50/h9-11,13,19,26,28-29,31,33-34,37-38,46,51-52H,12,14-18,20-25,27H2,1-8H3,(H,49,50)/b10-9+,13-11+,30-19+,32-26+/t29-,31-,33-,34+,37+,38+/m1/s1. The van der Waals surface area contributed by atoms with Crippen molar-refractivity contribution in [2.24, 2.45) is 23.7 Å². The van der Waals surface area contributed by atoms with Crippen molar-refractivity contribution in [1.82, 2.24) is 4.90 Å². The molecule has 0 aromatic heterocycles. The predicted octanol–water partition coefficient (Wildman–Crippen LogP) is 6.30. The van der Waals surface area contributed by atoms with E-state index in [9.17, 15) is 44.4 Å². The minimum atomic E-state index is -2.89. The molecule has 1 amide bonds. The fourth-order valence-corrected chi connectivity index (χ4v) is 6.33. The molecule has 0 radical (unpaired) electrons. The molecule has 1 aliphatic heterocycles. The molecule has 0 saturated carbocycles. The summed E-state index contributed by atoms with van der Waals surface area (Å²) in [5, 5.41) is 41.2. The normalized spacial score (nSPS) is 19.0. The van der Waals surface area contributed by atoms with E-state index in [-0.39, 0.29) is 55.3 Å². The average molecular weight is 746 g/mol. The van der Waals surface area contributed by atoms with Crippen molar-refractivity contribution in [3.63, 3.8) is 0 Å². The van der Waals surface area contributed by atoms with Gasteiger partial charge < -0.3 is 30.1 Å². The number of carboxylic acids is 1. The molecular formula is C42H67NO10. The number of carboxylic acid groups (broad SMARTS) is 1. The minimum Gasteiger partial charge on any atom is -0.480 e. The number of ketones is 3. The smallest absolute Gasteiger partial charge is 0.326 e. The number of aliphatic hydroxyl groups is 3. The van der Waals surface area contributed by atoms with Gasteiger partial charge in [0.15, 0.2) is 0 Å². The Morgan fingerprint density at radius 2 is 1.53 bits per heavy atom. The van der Waals surface area contributed by atoms with Crippen molar-refractivity contribution in [2.75, 3.05) is 13.7 Å². The highest BCUT2D eigenvalue weighted by atomic mass is 16.5. The third kappa shape index (κ3) is 16.8. The van der Waals surface area contributed by atoms with Gasteiger partial charge in [0.2, 0.25) is 5.79 Å². The lowest BCUT2D eigenvalue weighted by molar-refractivity contribution is -0.205. The van der Waals surface area contributed by atoms with Gasteiger partial charge in [-0.15, -0.1) is 0 Å². The van der Waals surface area contributed by atoms with Crippen LogP contribution in [0.2, 0.25) is 0 Å². The number of ether oxygens (including phenoxy) is 1. The molecule has 0 aromatic rings. The van der Waals surface area contributed by atoms with Gasteiger partial charge in [0.05, 0.1) is 12.2 Å². The summed E-state index contributed by atoms with van der Waals surface area (Å²) in [6.45, 7) is 13.2. The highest BCUT2D eigenvalue weighted by Crippen LogP contribution is 2.26. The van der Waals surface area contributed by atoms with Crippen LogP contribution >= 0.6 is 0 Å². The van der Waals surface area contributed by atoms with Gasteiger partial charge >= 0.3 is 5.97 Å². The monoisotopic (exact) mass is 745 g/mol. The first kappa shape index (κ1) is 47.8. The third-order valence-electron chi connectivity index (χ3n) is 10.4. The maximum atomic E-state index is 12.8. The predicted molar refractivity (Wildman–Crippen MR) is 206 cm³/mol. The fraction of sp³-hybridized carbons (Fsp3) is 0.690. The topological polar surface area (TPSA) is 179 Å². The Morgan fingerprint density at radius 1 is 0.868 bits per heavy atom. The number of piperidine rings is 1. The quantitative estimate of drug-likeness (QED) is 0.0273. The Labute approximate surface area is 317 Å². The van der Waals surface area contributed by atoms with Gasteiger partial charge in [-0.3, -0.25) is 19.2 Å². The molecule has 1 saturated heterocycles. The fourth-order valence-electron chi connectivity index (χ4n) is 6.33. The summed E-state index contributed by atoms with van der Waals surface area (Å²) in [5.41, 5.74) is 1.65. The van der Waals surface area contributed by atoms with E-state index in [1.54, 1.807) is 20.1 Å². The van der Waals surface area contributed by atoms with Crippen LogP contribution in [0.25, 0.3) is 0 Å². The van der Waals surface area contributed by atoms with Gasteiger partial charge in [-0.1, -0.05) is 83.9 Å². The largest absolute Gasteiger partial charge is 0.480 e. The van der Waals surface area contributed by atoms with Gasteiger partial charge in [-0.25, -0.2) is 4.79 Å². The van der Waals surface area contributed by atoms with E-state index in [0.29, 0.717) is 62.9 Å². The van der Waals surface area contributed by atoms with E-state index in [1.807, 2.05) is 51.2 Å². The van der Waals surface area contributed by atoms with Crippen molar-refractivity contribution in [3.05, 3.63) is 47.6 Å². The summed E-state index contributed by atoms with van der Waals surface area (Å²) >= 11 is 0. The second-order valence-corrected chi connectivity index (χ2v) is 15.3. The third-order valence-corrected chi connectivity index (χ3v) is 10.4. The molecule has 0 aromatic carbocycles. The number of aliphatic hydroxyl groups excluding tert-OH is 1. The Kier molecular flexibility index (Phi) is 21.8. The number of hydrogen-bond donors (Lipinski definition) is 4. The number of methoxy groups -OCH3 is 1. The Hall–Kier alpha value is -3.25. The number of carbonyl (C=O) groups excluding carboxylic acids is 4. The van der Waals surface area contributed by atoms with Crippen LogP contribution in [0, 0.1) is 23.7 Å². The minimum absolute atomic E-state index is 0.00855. The number of aliphatic carboxylic acids is 1. The number of allylic oxidation sites excluding steroid dienone is 6. The molecule has 0 unspecified atom stereocenters. The lowest BCUT2D eigenvalue weighted by atomic mass is 9.89. The molecule has 1 fully saturated rings. The first-order valence-corrected chi connectivity index (χ1v) is 19.3. The number of Topliss-reactive ketones (excluding diaryl/α,β-unsaturated/α-hetero) is 3. The van der Waals surface area contributed by atoms with Crippen molar-refractivity contribution in [1.29, 1.82) is 0 Å². The van der Waals surface area contributed by atoms with Gasteiger partial charge in [0.1, 0.15) is 17.6 Å². The van der Waals surface area contributed by atoms with Crippen LogP contribution in [0.4, 0.5) is 0 Å². The van der Waals surface area contributed by atoms with Gasteiger partial charge in [-0.05, 0) is 82.3 Å². The number of nitrogens with zero attached hydrogens (tertiary/aromatic N) is 1. The molecule has 4 N–H and O–H groups in total. The molecule has 300 valence electrons. The van der Waals surface area contributed by atoms with E-state index in [0.717, 1.165) is 16.9 Å². The van der Waals surface area contributed by atoms with Crippen molar-refractivity contribution < 1.29 is 49.1 Å². The number of carbonyl (C=O) groups is 5. The van der Waals surface area contributed by atoms with Crippen molar-refractivity contribution in [2.45, 2.75) is 150 Å². The maximum Gasteiger partial charge on any atom is 0.326 e. The lowest BCUT2D eigenvalue weighted by Gasteiger charge is -2.35. The Morgan fingerprint density at radius 3 is 2.15 bits per heavy atom. The number of rotatable bonds is 25. The molecule has 0 spiro atoms. The first-order chi connectivity index (χ1) is 24.8. The molecule has 6 atom stereocenters. The highest BCUT2D eigenvalue weighted by Gasteiger charge is 2.46. The van der Waals surface area contributed by atoms with Crippen LogP contribution in [-0.4, -0.2) is 92.2 Å². The summed E-state index contributed by atoms with van der Waals surface area (Å²) in [7, 11) is 1.62. The Bertz CT molecular complexity index is 1330. The lowest BCUT2D eigenvalue weighted by Crippen LogP contribution is -2.57. The molecular weight excluding hydrogens is 678 g/mol. The zero-order chi connectivity index (χ0) is 40.3. The van der Waals surface area contributed by atoms with Gasteiger partial charge in [0.25, 0.3) is 11.7 Å². The Balaban J connectivity index is 2.50. The number of likely N-dealkylation sites (tertiary alicyclic amines) is 1. The molecule has 1 aliphatic rings. The highest BCUT2D eigenvalue weighted by molar-refractivity contribution is 6.39. The van der Waals surface area contributed by atoms with Gasteiger partial charge in [0, 0.05) is 44.2 Å². The number of amides is 1. The zero-order valence-corrected chi connectivity index (χ0v) is 33.4. The van der Waals surface area contributed by atoms with E-state index < -0.39 is 41.5 Å².